The van der Waals surface area contributed by atoms with Gasteiger partial charge in [-0.15, -0.1) is 0 Å². The average molecular weight is 528 g/mol. The van der Waals surface area contributed by atoms with E-state index in [2.05, 4.69) is 14.6 Å². The van der Waals surface area contributed by atoms with Gasteiger partial charge in [-0.1, -0.05) is 0 Å². The number of nitrogens with zero attached hydrogens (tertiary/aromatic N) is 3. The van der Waals surface area contributed by atoms with Gasteiger partial charge in [-0.25, -0.2) is 4.98 Å². The molecule has 0 saturated carbocycles. The summed E-state index contributed by atoms with van der Waals surface area (Å²) in [6.07, 6.45) is -1.45. The Balaban J connectivity index is 1.75. The van der Waals surface area contributed by atoms with Crippen molar-refractivity contribution in [3.63, 3.8) is 0 Å². The molecule has 1 aliphatic rings. The lowest BCUT2D eigenvalue weighted by Crippen LogP contribution is -2.46. The van der Waals surface area contributed by atoms with Gasteiger partial charge in [0.05, 0.1) is 25.6 Å². The number of fused-ring (bicyclic) bond motifs is 1. The monoisotopic (exact) mass is 528 g/mol. The fourth-order valence-electron chi connectivity index (χ4n) is 4.34. The molecule has 3 aromatic rings. The first-order chi connectivity index (χ1) is 17.4. The minimum Gasteiger partial charge on any atom is -0.496 e. The van der Waals surface area contributed by atoms with Crippen LogP contribution in [0.25, 0.3) is 16.9 Å². The van der Waals surface area contributed by atoms with Gasteiger partial charge in [-0.05, 0) is 43.8 Å². The van der Waals surface area contributed by atoms with Gasteiger partial charge in [-0.3, -0.25) is 9.20 Å². The van der Waals surface area contributed by atoms with Crippen LogP contribution in [0.3, 0.4) is 0 Å². The predicted molar refractivity (Wildman–Crippen MR) is 123 cm³/mol. The zero-order chi connectivity index (χ0) is 27.0. The number of pyridine rings is 1. The van der Waals surface area contributed by atoms with Crippen molar-refractivity contribution in [3.8, 4) is 22.8 Å². The number of rotatable bonds is 7. The maximum Gasteiger partial charge on any atom is 0.405 e. The zero-order valence-electron chi connectivity index (χ0n) is 20.2. The van der Waals surface area contributed by atoms with E-state index in [-0.39, 0.29) is 5.75 Å². The second-order valence-electron chi connectivity index (χ2n) is 8.83. The van der Waals surface area contributed by atoms with Crippen LogP contribution >= 0.6 is 0 Å². The molecule has 1 saturated heterocycles. The van der Waals surface area contributed by atoms with Gasteiger partial charge in [0.15, 0.2) is 0 Å². The van der Waals surface area contributed by atoms with Crippen molar-refractivity contribution < 1.29 is 41.0 Å². The first kappa shape index (κ1) is 26.6. The van der Waals surface area contributed by atoms with Gasteiger partial charge in [0.1, 0.15) is 34.9 Å². The Labute approximate surface area is 208 Å². The Morgan fingerprint density at radius 3 is 2.65 bits per heavy atom. The van der Waals surface area contributed by atoms with Crippen LogP contribution in [-0.2, 0) is 10.3 Å². The fraction of sp³-hybridized carbons (Fsp3) is 0.417. The largest absolute Gasteiger partial charge is 0.496 e. The van der Waals surface area contributed by atoms with Gasteiger partial charge in [-0.2, -0.15) is 22.0 Å². The number of halogens is 5. The van der Waals surface area contributed by atoms with Crippen LogP contribution in [0.2, 0.25) is 0 Å². The average Bonchev–Trinajstić information content (AvgIpc) is 3.24. The number of carbonyl (C=O) groups is 1. The van der Waals surface area contributed by atoms with Crippen molar-refractivity contribution in [1.29, 1.82) is 0 Å². The standard InChI is InChI=1S/C24H25F5N4O4/c1-23(13-32(2)6-7-36-23)15-4-5-33-16(11-30-19(33)10-15)14-8-17(35-3)20(18(9-14)37-22(25)26)21(34)31-12-24(27,28)29/h4-5,8-11,22H,6-7,12-13H2,1-3H3,(H,31,34). The number of amides is 1. The SMILES string of the molecule is COc1cc(-c2cnc3cc(C4(C)CN(C)CCO4)ccn23)cc(OC(F)F)c1C(=O)NCC(F)(F)F. The van der Waals surface area contributed by atoms with E-state index in [9.17, 15) is 26.7 Å². The summed E-state index contributed by atoms with van der Waals surface area (Å²) in [6, 6.07) is 6.20. The molecule has 1 aromatic carbocycles. The molecule has 200 valence electrons. The maximum absolute atomic E-state index is 13.2. The highest BCUT2D eigenvalue weighted by molar-refractivity contribution is 6.00. The third kappa shape index (κ3) is 5.77. The summed E-state index contributed by atoms with van der Waals surface area (Å²) in [4.78, 5) is 19.1. The van der Waals surface area contributed by atoms with Crippen LogP contribution in [0, 0.1) is 0 Å². The zero-order valence-corrected chi connectivity index (χ0v) is 20.2. The summed E-state index contributed by atoms with van der Waals surface area (Å²) in [7, 11) is 3.17. The van der Waals surface area contributed by atoms with Gasteiger partial charge < -0.3 is 24.4 Å². The van der Waals surface area contributed by atoms with E-state index < -0.39 is 42.2 Å². The predicted octanol–water partition coefficient (Wildman–Crippen LogP) is 4.08. The number of hydrogen-bond donors (Lipinski definition) is 1. The molecule has 0 bridgehead atoms. The number of likely N-dealkylation sites (N-methyl/N-ethyl adjacent to an activating group) is 1. The molecule has 1 fully saturated rings. The molecule has 1 aliphatic heterocycles. The molecule has 1 atom stereocenters. The summed E-state index contributed by atoms with van der Waals surface area (Å²) in [6.45, 7) is -0.930. The highest BCUT2D eigenvalue weighted by Crippen LogP contribution is 2.37. The van der Waals surface area contributed by atoms with Crippen molar-refractivity contribution in [1.82, 2.24) is 19.6 Å². The number of aromatic nitrogens is 2. The van der Waals surface area contributed by atoms with Crippen LogP contribution in [0.5, 0.6) is 11.5 Å². The Morgan fingerprint density at radius 1 is 1.27 bits per heavy atom. The van der Waals surface area contributed by atoms with Crippen LogP contribution in [0.1, 0.15) is 22.8 Å². The van der Waals surface area contributed by atoms with Gasteiger partial charge in [0.2, 0.25) is 0 Å². The number of carbonyl (C=O) groups excluding carboxylic acids is 1. The smallest absolute Gasteiger partial charge is 0.405 e. The summed E-state index contributed by atoms with van der Waals surface area (Å²) >= 11 is 0. The molecular formula is C24H25F5N4O4. The third-order valence-corrected chi connectivity index (χ3v) is 6.06. The number of imidazole rings is 1. The van der Waals surface area contributed by atoms with Crippen LogP contribution in [0.4, 0.5) is 22.0 Å². The van der Waals surface area contributed by atoms with Crippen molar-refractivity contribution in [2.24, 2.45) is 0 Å². The third-order valence-electron chi connectivity index (χ3n) is 6.06. The number of ether oxygens (including phenoxy) is 3. The fourth-order valence-corrected chi connectivity index (χ4v) is 4.34. The number of nitrogens with one attached hydrogen (secondary N) is 1. The summed E-state index contributed by atoms with van der Waals surface area (Å²) < 4.78 is 81.6. The normalized spacial score (nSPS) is 18.8. The van der Waals surface area contributed by atoms with E-state index in [1.165, 1.54) is 12.3 Å². The molecule has 13 heteroatoms. The second kappa shape index (κ2) is 10.1. The molecule has 1 amide bonds. The van der Waals surface area contributed by atoms with Crippen molar-refractivity contribution in [3.05, 3.63) is 47.8 Å². The molecule has 3 heterocycles. The Kier molecular flexibility index (Phi) is 7.29. The molecule has 0 aliphatic carbocycles. The molecule has 8 nitrogen and oxygen atoms in total. The van der Waals surface area contributed by atoms with Crippen molar-refractivity contribution >= 4 is 11.6 Å². The Bertz CT molecular complexity index is 1300. The van der Waals surface area contributed by atoms with Crippen LogP contribution in [-0.4, -0.2) is 73.4 Å². The van der Waals surface area contributed by atoms with E-state index in [1.54, 1.807) is 15.9 Å². The van der Waals surface area contributed by atoms with E-state index in [4.69, 9.17) is 9.47 Å². The first-order valence-corrected chi connectivity index (χ1v) is 11.2. The molecule has 0 radical (unpaired) electrons. The highest BCUT2D eigenvalue weighted by atomic mass is 19.4. The lowest BCUT2D eigenvalue weighted by atomic mass is 9.95. The summed E-state index contributed by atoms with van der Waals surface area (Å²) in [5.41, 5.74) is 1.06. The molecular weight excluding hydrogens is 503 g/mol. The Morgan fingerprint density at radius 2 is 2.00 bits per heavy atom. The lowest BCUT2D eigenvalue weighted by molar-refractivity contribution is -0.123. The van der Waals surface area contributed by atoms with Crippen LogP contribution < -0.4 is 14.8 Å². The molecule has 37 heavy (non-hydrogen) atoms. The lowest BCUT2D eigenvalue weighted by Gasteiger charge is -2.39. The topological polar surface area (TPSA) is 77.3 Å². The van der Waals surface area contributed by atoms with Crippen molar-refractivity contribution in [2.75, 3.05) is 40.4 Å². The number of methoxy groups -OCH3 is 1. The number of benzene rings is 1. The first-order valence-electron chi connectivity index (χ1n) is 11.2. The van der Waals surface area contributed by atoms with Gasteiger partial charge in [0.25, 0.3) is 5.91 Å². The summed E-state index contributed by atoms with van der Waals surface area (Å²) in [5, 5.41) is 1.65. The molecule has 1 unspecified atom stereocenters. The molecule has 4 rings (SSSR count). The quantitative estimate of drug-likeness (QED) is 0.466. The number of hydrogen-bond acceptors (Lipinski definition) is 6. The Hall–Kier alpha value is -3.45. The molecule has 2 aromatic heterocycles. The second-order valence-corrected chi connectivity index (χ2v) is 8.83. The van der Waals surface area contributed by atoms with E-state index >= 15 is 0 Å². The van der Waals surface area contributed by atoms with E-state index in [0.29, 0.717) is 30.1 Å². The summed E-state index contributed by atoms with van der Waals surface area (Å²) in [5.74, 6) is -2.16. The van der Waals surface area contributed by atoms with Crippen LogP contribution in [0.15, 0.2) is 36.7 Å². The number of morpholine rings is 1. The van der Waals surface area contributed by atoms with E-state index in [0.717, 1.165) is 25.3 Å². The van der Waals surface area contributed by atoms with Gasteiger partial charge >= 0.3 is 12.8 Å². The molecule has 1 N–H and O–H groups in total. The maximum atomic E-state index is 13.2. The highest BCUT2D eigenvalue weighted by Gasteiger charge is 2.33. The molecule has 0 spiro atoms. The number of alkyl halides is 5. The van der Waals surface area contributed by atoms with Gasteiger partial charge in [0, 0.05) is 24.8 Å². The van der Waals surface area contributed by atoms with E-state index in [1.807, 2.05) is 26.1 Å². The van der Waals surface area contributed by atoms with Crippen molar-refractivity contribution in [2.45, 2.75) is 25.3 Å². The minimum absolute atomic E-state index is 0.245. The minimum atomic E-state index is -4.70.